The maximum absolute atomic E-state index is 5.28. The van der Waals surface area contributed by atoms with Gasteiger partial charge in [-0.15, -0.1) is 0 Å². The minimum atomic E-state index is 0.336. The topological polar surface area (TPSA) is 46.5 Å². The Bertz CT molecular complexity index is 529. The standard InChI is InChI=1S/C12H16N4S/c1-3-6-9(2)16-11(14-15-12(16)17)10-7-4-5-8-13-10/h4-5,7-9H,3,6H2,1-2H3,(H,15,17). The summed E-state index contributed by atoms with van der Waals surface area (Å²) in [5.41, 5.74) is 0.850. The van der Waals surface area contributed by atoms with E-state index in [1.54, 1.807) is 6.20 Å². The summed E-state index contributed by atoms with van der Waals surface area (Å²) in [4.78, 5) is 4.32. The first-order chi connectivity index (χ1) is 8.24. The molecule has 0 saturated carbocycles. The SMILES string of the molecule is CCCC(C)n1c(-c2ccccn2)n[nH]c1=S. The first-order valence-electron chi connectivity index (χ1n) is 5.82. The molecule has 0 bridgehead atoms. The van der Waals surface area contributed by atoms with Crippen LogP contribution in [0, 0.1) is 4.77 Å². The van der Waals surface area contributed by atoms with Gasteiger partial charge in [0.05, 0.1) is 0 Å². The third kappa shape index (κ3) is 2.44. The number of nitrogens with one attached hydrogen (secondary N) is 1. The van der Waals surface area contributed by atoms with Gasteiger partial charge in [-0.2, -0.15) is 5.10 Å². The van der Waals surface area contributed by atoms with Gasteiger partial charge in [-0.05, 0) is 37.7 Å². The average molecular weight is 248 g/mol. The largest absolute Gasteiger partial charge is 0.296 e. The molecule has 1 atom stereocenters. The lowest BCUT2D eigenvalue weighted by Gasteiger charge is -2.14. The van der Waals surface area contributed by atoms with Crippen LogP contribution in [0.25, 0.3) is 11.5 Å². The van der Waals surface area contributed by atoms with E-state index in [0.29, 0.717) is 10.8 Å². The predicted octanol–water partition coefficient (Wildman–Crippen LogP) is 3.36. The Labute approximate surface area is 106 Å². The second kappa shape index (κ2) is 5.23. The first kappa shape index (κ1) is 12.0. The van der Waals surface area contributed by atoms with Crippen molar-refractivity contribution in [3.8, 4) is 11.5 Å². The lowest BCUT2D eigenvalue weighted by molar-refractivity contribution is 0.498. The van der Waals surface area contributed by atoms with Crippen molar-refractivity contribution in [2.45, 2.75) is 32.7 Å². The Morgan fingerprint density at radius 3 is 2.94 bits per heavy atom. The lowest BCUT2D eigenvalue weighted by atomic mass is 10.2. The zero-order valence-corrected chi connectivity index (χ0v) is 10.9. The van der Waals surface area contributed by atoms with Crippen LogP contribution in [0.15, 0.2) is 24.4 Å². The van der Waals surface area contributed by atoms with Crippen LogP contribution >= 0.6 is 12.2 Å². The molecular formula is C12H16N4S. The Balaban J connectivity index is 2.46. The molecule has 0 radical (unpaired) electrons. The fourth-order valence-electron chi connectivity index (χ4n) is 1.94. The zero-order chi connectivity index (χ0) is 12.3. The van der Waals surface area contributed by atoms with Gasteiger partial charge in [0.1, 0.15) is 5.69 Å². The number of pyridine rings is 1. The highest BCUT2D eigenvalue weighted by Crippen LogP contribution is 2.21. The lowest BCUT2D eigenvalue weighted by Crippen LogP contribution is -2.07. The van der Waals surface area contributed by atoms with Crippen molar-refractivity contribution in [1.82, 2.24) is 19.7 Å². The van der Waals surface area contributed by atoms with Gasteiger partial charge in [0.2, 0.25) is 0 Å². The van der Waals surface area contributed by atoms with E-state index >= 15 is 0 Å². The minimum Gasteiger partial charge on any atom is -0.296 e. The highest BCUT2D eigenvalue weighted by molar-refractivity contribution is 7.71. The Morgan fingerprint density at radius 1 is 1.47 bits per heavy atom. The molecule has 0 saturated heterocycles. The molecule has 4 nitrogen and oxygen atoms in total. The molecule has 0 aliphatic carbocycles. The maximum atomic E-state index is 5.28. The van der Waals surface area contributed by atoms with Crippen LogP contribution in [-0.2, 0) is 0 Å². The average Bonchev–Trinajstić information content (AvgIpc) is 2.73. The molecular weight excluding hydrogens is 232 g/mol. The van der Waals surface area contributed by atoms with E-state index < -0.39 is 0 Å². The summed E-state index contributed by atoms with van der Waals surface area (Å²) in [6, 6.07) is 6.13. The van der Waals surface area contributed by atoms with Crippen molar-refractivity contribution in [1.29, 1.82) is 0 Å². The zero-order valence-electron chi connectivity index (χ0n) is 10.1. The predicted molar refractivity (Wildman–Crippen MR) is 70.3 cm³/mol. The van der Waals surface area contributed by atoms with Gasteiger partial charge >= 0.3 is 0 Å². The molecule has 0 fully saturated rings. The summed E-state index contributed by atoms with van der Waals surface area (Å²) in [7, 11) is 0. The Morgan fingerprint density at radius 2 is 2.29 bits per heavy atom. The molecule has 0 spiro atoms. The fraction of sp³-hybridized carbons (Fsp3) is 0.417. The van der Waals surface area contributed by atoms with Crippen molar-refractivity contribution >= 4 is 12.2 Å². The van der Waals surface area contributed by atoms with E-state index in [1.807, 2.05) is 22.8 Å². The van der Waals surface area contributed by atoms with Crippen molar-refractivity contribution in [3.63, 3.8) is 0 Å². The van der Waals surface area contributed by atoms with E-state index in [2.05, 4.69) is 29.0 Å². The summed E-state index contributed by atoms with van der Waals surface area (Å²) in [5, 5.41) is 7.12. The smallest absolute Gasteiger partial charge is 0.195 e. The van der Waals surface area contributed by atoms with Gasteiger partial charge in [-0.1, -0.05) is 19.4 Å². The molecule has 2 heterocycles. The van der Waals surface area contributed by atoms with Gasteiger partial charge in [-0.3, -0.25) is 14.6 Å². The van der Waals surface area contributed by atoms with Gasteiger partial charge < -0.3 is 0 Å². The van der Waals surface area contributed by atoms with E-state index in [-0.39, 0.29) is 0 Å². The third-order valence-corrected chi connectivity index (χ3v) is 3.03. The summed E-state index contributed by atoms with van der Waals surface area (Å²) in [6.07, 6.45) is 3.96. The molecule has 5 heteroatoms. The van der Waals surface area contributed by atoms with E-state index in [4.69, 9.17) is 12.2 Å². The third-order valence-electron chi connectivity index (χ3n) is 2.75. The molecule has 1 unspecified atom stereocenters. The van der Waals surface area contributed by atoms with Crippen LogP contribution in [-0.4, -0.2) is 19.7 Å². The summed E-state index contributed by atoms with van der Waals surface area (Å²) < 4.78 is 2.70. The van der Waals surface area contributed by atoms with Crippen LogP contribution in [0.2, 0.25) is 0 Å². The molecule has 0 aliphatic heterocycles. The van der Waals surface area contributed by atoms with Crippen molar-refractivity contribution in [2.24, 2.45) is 0 Å². The summed E-state index contributed by atoms with van der Waals surface area (Å²) in [6.45, 7) is 4.32. The van der Waals surface area contributed by atoms with Gasteiger partial charge in [0.25, 0.3) is 0 Å². The van der Waals surface area contributed by atoms with Gasteiger partial charge in [0, 0.05) is 12.2 Å². The van der Waals surface area contributed by atoms with E-state index in [0.717, 1.165) is 24.4 Å². The molecule has 17 heavy (non-hydrogen) atoms. The molecule has 90 valence electrons. The normalized spacial score (nSPS) is 12.6. The van der Waals surface area contributed by atoms with E-state index in [1.165, 1.54) is 0 Å². The van der Waals surface area contributed by atoms with Crippen LogP contribution in [0.1, 0.15) is 32.7 Å². The molecule has 2 aromatic rings. The number of aromatic amines is 1. The molecule has 2 aromatic heterocycles. The number of hydrogen-bond donors (Lipinski definition) is 1. The molecule has 0 aromatic carbocycles. The second-order valence-corrected chi connectivity index (χ2v) is 4.46. The minimum absolute atomic E-state index is 0.336. The number of nitrogens with zero attached hydrogens (tertiary/aromatic N) is 3. The fourth-order valence-corrected chi connectivity index (χ4v) is 2.25. The maximum Gasteiger partial charge on any atom is 0.195 e. The molecule has 2 rings (SSSR count). The van der Waals surface area contributed by atoms with Gasteiger partial charge in [0.15, 0.2) is 10.6 Å². The summed E-state index contributed by atoms with van der Waals surface area (Å²) in [5.74, 6) is 0.816. The molecule has 0 aliphatic rings. The van der Waals surface area contributed by atoms with Crippen molar-refractivity contribution in [2.75, 3.05) is 0 Å². The van der Waals surface area contributed by atoms with Crippen LogP contribution < -0.4 is 0 Å². The second-order valence-electron chi connectivity index (χ2n) is 4.08. The molecule has 1 N–H and O–H groups in total. The monoisotopic (exact) mass is 248 g/mol. The highest BCUT2D eigenvalue weighted by Gasteiger charge is 2.14. The number of H-pyrrole nitrogens is 1. The Kier molecular flexibility index (Phi) is 3.68. The van der Waals surface area contributed by atoms with Crippen LogP contribution in [0.4, 0.5) is 0 Å². The summed E-state index contributed by atoms with van der Waals surface area (Å²) >= 11 is 5.28. The van der Waals surface area contributed by atoms with Crippen molar-refractivity contribution < 1.29 is 0 Å². The number of hydrogen-bond acceptors (Lipinski definition) is 3. The Hall–Kier alpha value is -1.49. The molecule has 0 amide bonds. The van der Waals surface area contributed by atoms with Crippen molar-refractivity contribution in [3.05, 3.63) is 29.2 Å². The van der Waals surface area contributed by atoms with Crippen LogP contribution in [0.3, 0.4) is 0 Å². The first-order valence-corrected chi connectivity index (χ1v) is 6.23. The highest BCUT2D eigenvalue weighted by atomic mass is 32.1. The van der Waals surface area contributed by atoms with Gasteiger partial charge in [-0.25, -0.2) is 0 Å². The van der Waals surface area contributed by atoms with Crippen LogP contribution in [0.5, 0.6) is 0 Å². The quantitative estimate of drug-likeness (QED) is 0.844. The van der Waals surface area contributed by atoms with E-state index in [9.17, 15) is 0 Å². The number of rotatable bonds is 4. The number of aromatic nitrogens is 4.